The highest BCUT2D eigenvalue weighted by atomic mass is 19.2. The summed E-state index contributed by atoms with van der Waals surface area (Å²) in [5, 5.41) is 3.31. The van der Waals surface area contributed by atoms with Gasteiger partial charge in [-0.3, -0.25) is 0 Å². The van der Waals surface area contributed by atoms with Gasteiger partial charge >= 0.3 is 0 Å². The Bertz CT molecular complexity index is 619. The molecule has 2 aromatic rings. The molecule has 4 heteroatoms. The summed E-state index contributed by atoms with van der Waals surface area (Å²) in [5.74, 6) is -1.53. The third-order valence-electron chi connectivity index (χ3n) is 4.04. The van der Waals surface area contributed by atoms with E-state index in [1.165, 1.54) is 11.1 Å². The fourth-order valence-electron chi connectivity index (χ4n) is 3.01. The van der Waals surface area contributed by atoms with E-state index in [-0.39, 0.29) is 0 Å². The van der Waals surface area contributed by atoms with Crippen LogP contribution >= 0.6 is 0 Å². The van der Waals surface area contributed by atoms with Crippen LogP contribution in [0.2, 0.25) is 0 Å². The predicted octanol–water partition coefficient (Wildman–Crippen LogP) is 3.41. The smallest absolute Gasteiger partial charge is 0.163 e. The Balaban J connectivity index is 1.89. The van der Waals surface area contributed by atoms with Gasteiger partial charge in [0.2, 0.25) is 0 Å². The van der Waals surface area contributed by atoms with Gasteiger partial charge in [0, 0.05) is 24.0 Å². The van der Waals surface area contributed by atoms with Gasteiger partial charge < -0.3 is 9.88 Å². The van der Waals surface area contributed by atoms with E-state index in [4.69, 9.17) is 0 Å². The quantitative estimate of drug-likeness (QED) is 0.909. The Morgan fingerprint density at radius 3 is 2.95 bits per heavy atom. The van der Waals surface area contributed by atoms with Gasteiger partial charge in [0.15, 0.2) is 11.6 Å². The van der Waals surface area contributed by atoms with Gasteiger partial charge in [-0.05, 0) is 43.5 Å². The highest BCUT2D eigenvalue weighted by molar-refractivity contribution is 5.31. The van der Waals surface area contributed by atoms with Crippen molar-refractivity contribution in [2.45, 2.75) is 31.8 Å². The van der Waals surface area contributed by atoms with E-state index < -0.39 is 11.6 Å². The molecule has 106 valence electrons. The van der Waals surface area contributed by atoms with Crippen molar-refractivity contribution in [3.63, 3.8) is 0 Å². The van der Waals surface area contributed by atoms with Crippen molar-refractivity contribution in [3.05, 3.63) is 58.9 Å². The molecule has 1 unspecified atom stereocenters. The third kappa shape index (κ3) is 2.36. The van der Waals surface area contributed by atoms with Gasteiger partial charge in [0.1, 0.15) is 0 Å². The number of halogens is 2. The average molecular weight is 276 g/mol. The molecule has 0 spiro atoms. The first-order chi connectivity index (χ1) is 9.69. The first-order valence-electron chi connectivity index (χ1n) is 6.97. The summed E-state index contributed by atoms with van der Waals surface area (Å²) in [6.07, 6.45) is 7.47. The fourth-order valence-corrected chi connectivity index (χ4v) is 3.01. The molecule has 0 saturated heterocycles. The maximum atomic E-state index is 13.7. The van der Waals surface area contributed by atoms with Crippen LogP contribution in [0, 0.1) is 11.6 Å². The second kappa shape index (κ2) is 5.37. The Morgan fingerprint density at radius 2 is 2.15 bits per heavy atom. The zero-order valence-corrected chi connectivity index (χ0v) is 11.5. The van der Waals surface area contributed by atoms with Gasteiger partial charge in [-0.15, -0.1) is 0 Å². The molecule has 0 fully saturated rings. The molecular weight excluding hydrogens is 258 g/mol. The molecule has 3 rings (SSSR count). The normalized spacial score (nSPS) is 18.1. The SMILES string of the molecule is CNC1CCCc2cn(Cc3cccc(F)c3F)cc21. The number of nitrogens with zero attached hydrogens (tertiary/aromatic N) is 1. The van der Waals surface area contributed by atoms with E-state index in [1.807, 2.05) is 11.6 Å². The number of nitrogens with one attached hydrogen (secondary N) is 1. The predicted molar refractivity (Wildman–Crippen MR) is 74.6 cm³/mol. The van der Waals surface area contributed by atoms with Crippen molar-refractivity contribution in [1.82, 2.24) is 9.88 Å². The first kappa shape index (κ1) is 13.3. The van der Waals surface area contributed by atoms with Gasteiger partial charge in [0.05, 0.1) is 6.54 Å². The minimum absolute atomic E-state index is 0.368. The number of aromatic nitrogens is 1. The van der Waals surface area contributed by atoms with E-state index >= 15 is 0 Å². The van der Waals surface area contributed by atoms with Gasteiger partial charge in [-0.25, -0.2) is 8.78 Å². The lowest BCUT2D eigenvalue weighted by Gasteiger charge is -2.21. The molecule has 0 bridgehead atoms. The van der Waals surface area contributed by atoms with Crippen LogP contribution in [0.4, 0.5) is 8.78 Å². The number of rotatable bonds is 3. The Hall–Kier alpha value is -1.68. The molecule has 0 radical (unpaired) electrons. The topological polar surface area (TPSA) is 17.0 Å². The Labute approximate surface area is 117 Å². The molecular formula is C16H18F2N2. The van der Waals surface area contributed by atoms with E-state index in [1.54, 1.807) is 12.1 Å². The van der Waals surface area contributed by atoms with Crippen LogP contribution in [0.3, 0.4) is 0 Å². The van der Waals surface area contributed by atoms with Gasteiger partial charge in [-0.2, -0.15) is 0 Å². The summed E-state index contributed by atoms with van der Waals surface area (Å²) >= 11 is 0. The number of benzene rings is 1. The van der Waals surface area contributed by atoms with Crippen molar-refractivity contribution in [1.29, 1.82) is 0 Å². The summed E-state index contributed by atoms with van der Waals surface area (Å²) in [6, 6.07) is 4.70. The molecule has 1 aromatic heterocycles. The highest BCUT2D eigenvalue weighted by Crippen LogP contribution is 2.30. The Morgan fingerprint density at radius 1 is 1.30 bits per heavy atom. The molecule has 1 aromatic carbocycles. The molecule has 1 aliphatic carbocycles. The van der Waals surface area contributed by atoms with E-state index in [0.717, 1.165) is 25.3 Å². The van der Waals surface area contributed by atoms with Crippen molar-refractivity contribution in [2.24, 2.45) is 0 Å². The van der Waals surface area contributed by atoms with Crippen molar-refractivity contribution < 1.29 is 8.78 Å². The van der Waals surface area contributed by atoms with E-state index in [0.29, 0.717) is 18.2 Å². The molecule has 1 aliphatic rings. The summed E-state index contributed by atoms with van der Waals surface area (Å²) in [4.78, 5) is 0. The minimum atomic E-state index is -0.785. The number of aryl methyl sites for hydroxylation is 1. The van der Waals surface area contributed by atoms with Crippen LogP contribution in [0.15, 0.2) is 30.6 Å². The van der Waals surface area contributed by atoms with Gasteiger partial charge in [0.25, 0.3) is 0 Å². The zero-order valence-electron chi connectivity index (χ0n) is 11.5. The molecule has 0 saturated carbocycles. The van der Waals surface area contributed by atoms with E-state index in [9.17, 15) is 8.78 Å². The van der Waals surface area contributed by atoms with Crippen molar-refractivity contribution in [2.75, 3.05) is 7.05 Å². The standard InChI is InChI=1S/C16H18F2N2/c1-19-15-7-3-4-11-8-20(10-13(11)15)9-12-5-2-6-14(17)16(12)18/h2,5-6,8,10,15,19H,3-4,7,9H2,1H3. The summed E-state index contributed by atoms with van der Waals surface area (Å²) in [6.45, 7) is 0.368. The molecule has 20 heavy (non-hydrogen) atoms. The lowest BCUT2D eigenvalue weighted by Crippen LogP contribution is -2.20. The van der Waals surface area contributed by atoms with Crippen molar-refractivity contribution in [3.8, 4) is 0 Å². The van der Waals surface area contributed by atoms with Gasteiger partial charge in [-0.1, -0.05) is 12.1 Å². The van der Waals surface area contributed by atoms with Crippen molar-refractivity contribution >= 4 is 0 Å². The van der Waals surface area contributed by atoms with E-state index in [2.05, 4.69) is 17.7 Å². The highest BCUT2D eigenvalue weighted by Gasteiger charge is 2.20. The summed E-state index contributed by atoms with van der Waals surface area (Å²) in [5.41, 5.74) is 2.99. The third-order valence-corrected chi connectivity index (χ3v) is 4.04. The Kier molecular flexibility index (Phi) is 3.57. The zero-order chi connectivity index (χ0) is 14.1. The maximum Gasteiger partial charge on any atom is 0.163 e. The lowest BCUT2D eigenvalue weighted by molar-refractivity contribution is 0.494. The number of hydrogen-bond acceptors (Lipinski definition) is 1. The largest absolute Gasteiger partial charge is 0.349 e. The molecule has 0 amide bonds. The average Bonchev–Trinajstić information content (AvgIpc) is 2.86. The molecule has 2 nitrogen and oxygen atoms in total. The fraction of sp³-hybridized carbons (Fsp3) is 0.375. The maximum absolute atomic E-state index is 13.7. The molecule has 0 aliphatic heterocycles. The second-order valence-corrected chi connectivity index (χ2v) is 5.36. The first-order valence-corrected chi connectivity index (χ1v) is 6.97. The molecule has 1 N–H and O–H groups in total. The second-order valence-electron chi connectivity index (χ2n) is 5.36. The summed E-state index contributed by atoms with van der Waals surface area (Å²) < 4.78 is 28.9. The monoisotopic (exact) mass is 276 g/mol. The number of fused-ring (bicyclic) bond motifs is 1. The summed E-state index contributed by atoms with van der Waals surface area (Å²) in [7, 11) is 1.96. The minimum Gasteiger partial charge on any atom is -0.349 e. The van der Waals surface area contributed by atoms with Crippen LogP contribution in [0.5, 0.6) is 0 Å². The lowest BCUT2D eigenvalue weighted by atomic mass is 9.91. The van der Waals surface area contributed by atoms with Crippen LogP contribution in [0.1, 0.15) is 35.6 Å². The van der Waals surface area contributed by atoms with Crippen LogP contribution in [-0.4, -0.2) is 11.6 Å². The van der Waals surface area contributed by atoms with Crippen LogP contribution < -0.4 is 5.32 Å². The molecule has 1 atom stereocenters. The number of hydrogen-bond donors (Lipinski definition) is 1. The molecule has 1 heterocycles. The van der Waals surface area contributed by atoms with Crippen LogP contribution in [0.25, 0.3) is 0 Å². The van der Waals surface area contributed by atoms with Crippen LogP contribution in [-0.2, 0) is 13.0 Å².